The second-order valence-electron chi connectivity index (χ2n) is 6.43. The van der Waals surface area contributed by atoms with Gasteiger partial charge in [0.15, 0.2) is 16.6 Å². The van der Waals surface area contributed by atoms with Crippen LogP contribution in [0.15, 0.2) is 60.1 Å². The molecule has 160 valence electrons. The molecule has 0 unspecified atom stereocenters. The highest BCUT2D eigenvalue weighted by Gasteiger charge is 2.18. The third-order valence-electron chi connectivity index (χ3n) is 4.20. The van der Waals surface area contributed by atoms with Crippen LogP contribution in [0.2, 0.25) is 5.02 Å². The molecule has 3 aromatic rings. The second-order valence-corrected chi connectivity index (χ2v) is 7.74. The van der Waals surface area contributed by atoms with Crippen molar-refractivity contribution in [2.45, 2.75) is 19.8 Å². The van der Waals surface area contributed by atoms with E-state index in [1.54, 1.807) is 60.1 Å². The Morgan fingerprint density at radius 1 is 1.16 bits per heavy atom. The number of nitrogens with zero attached hydrogens (tertiary/aromatic N) is 2. The fourth-order valence-corrected chi connectivity index (χ4v) is 3.54. The molecule has 0 aliphatic rings. The number of carbonyl (C=O) groups is 2. The summed E-state index contributed by atoms with van der Waals surface area (Å²) >= 11 is 7.33. The lowest BCUT2D eigenvalue weighted by Gasteiger charge is -2.18. The molecule has 0 radical (unpaired) electrons. The van der Waals surface area contributed by atoms with Gasteiger partial charge < -0.3 is 9.47 Å². The van der Waals surface area contributed by atoms with E-state index in [-0.39, 0.29) is 11.9 Å². The van der Waals surface area contributed by atoms with Gasteiger partial charge in [0.1, 0.15) is 0 Å². The molecule has 0 aliphatic carbocycles. The van der Waals surface area contributed by atoms with Gasteiger partial charge >= 0.3 is 5.97 Å². The van der Waals surface area contributed by atoms with E-state index < -0.39 is 0 Å². The highest BCUT2D eigenvalue weighted by atomic mass is 35.5. The van der Waals surface area contributed by atoms with E-state index in [2.05, 4.69) is 4.98 Å². The predicted molar refractivity (Wildman–Crippen MR) is 123 cm³/mol. The highest BCUT2D eigenvalue weighted by molar-refractivity contribution is 7.13. The first kappa shape index (κ1) is 22.5. The van der Waals surface area contributed by atoms with Crippen molar-refractivity contribution in [1.29, 1.82) is 0 Å². The van der Waals surface area contributed by atoms with Gasteiger partial charge in [-0.15, -0.1) is 11.3 Å². The molecule has 0 N–H and O–H groups in total. The predicted octanol–water partition coefficient (Wildman–Crippen LogP) is 5.89. The molecule has 1 amide bonds. The first-order valence-corrected chi connectivity index (χ1v) is 10.8. The number of aromatic nitrogens is 1. The van der Waals surface area contributed by atoms with Crippen molar-refractivity contribution in [3.63, 3.8) is 0 Å². The van der Waals surface area contributed by atoms with Crippen LogP contribution in [0.3, 0.4) is 0 Å². The summed E-state index contributed by atoms with van der Waals surface area (Å²) in [6.07, 6.45) is 5.73. The number of hydrogen-bond acceptors (Lipinski definition) is 6. The molecule has 0 bridgehead atoms. The third kappa shape index (κ3) is 5.93. The lowest BCUT2D eigenvalue weighted by Crippen LogP contribution is -2.23. The highest BCUT2D eigenvalue weighted by Crippen LogP contribution is 2.31. The van der Waals surface area contributed by atoms with Gasteiger partial charge in [-0.05, 0) is 54.5 Å². The van der Waals surface area contributed by atoms with Gasteiger partial charge in [0.25, 0.3) is 5.91 Å². The van der Waals surface area contributed by atoms with Gasteiger partial charge in [-0.3, -0.25) is 14.5 Å². The zero-order chi connectivity index (χ0) is 22.2. The van der Waals surface area contributed by atoms with Crippen molar-refractivity contribution < 1.29 is 19.1 Å². The first-order valence-electron chi connectivity index (χ1n) is 9.57. The van der Waals surface area contributed by atoms with Crippen LogP contribution in [0.25, 0.3) is 6.08 Å². The molecule has 0 spiro atoms. The van der Waals surface area contributed by atoms with Crippen LogP contribution >= 0.6 is 22.9 Å². The van der Waals surface area contributed by atoms with Crippen LogP contribution in [0.4, 0.5) is 10.8 Å². The number of thiazole rings is 1. The van der Waals surface area contributed by atoms with Crippen LogP contribution in [-0.2, 0) is 9.59 Å². The number of anilines is 2. The summed E-state index contributed by atoms with van der Waals surface area (Å²) in [5, 5.41) is 2.92. The SMILES string of the molecule is CCCC(=O)Oc1cc(C=CC(=O)N(c2ccc(Cl)cc2)c2nccs2)ccc1OC. The Kier molecular flexibility index (Phi) is 7.81. The monoisotopic (exact) mass is 456 g/mol. The number of methoxy groups -OCH3 is 1. The van der Waals surface area contributed by atoms with E-state index in [4.69, 9.17) is 21.1 Å². The van der Waals surface area contributed by atoms with Gasteiger partial charge in [-0.1, -0.05) is 24.6 Å². The fraction of sp³-hybridized carbons (Fsp3) is 0.174. The van der Waals surface area contributed by atoms with Gasteiger partial charge in [-0.2, -0.15) is 0 Å². The molecule has 0 saturated heterocycles. The maximum atomic E-state index is 13.0. The Bertz CT molecular complexity index is 1070. The summed E-state index contributed by atoms with van der Waals surface area (Å²) in [6, 6.07) is 12.1. The quantitative estimate of drug-likeness (QED) is 0.240. The van der Waals surface area contributed by atoms with Crippen molar-refractivity contribution in [3.05, 3.63) is 70.7 Å². The fourth-order valence-electron chi connectivity index (χ4n) is 2.75. The smallest absolute Gasteiger partial charge is 0.311 e. The average Bonchev–Trinajstić information content (AvgIpc) is 3.28. The Labute approximate surface area is 189 Å². The Hall–Kier alpha value is -3.16. The number of benzene rings is 2. The molecular formula is C23H21ClN2O4S. The molecular weight excluding hydrogens is 436 g/mol. The van der Waals surface area contributed by atoms with Crippen LogP contribution in [0.1, 0.15) is 25.3 Å². The number of rotatable bonds is 8. The molecule has 8 heteroatoms. The number of ether oxygens (including phenoxy) is 2. The van der Waals surface area contributed by atoms with Crippen molar-refractivity contribution in [1.82, 2.24) is 4.98 Å². The molecule has 0 fully saturated rings. The summed E-state index contributed by atoms with van der Waals surface area (Å²) in [5.74, 6) is 0.136. The number of halogens is 1. The van der Waals surface area contributed by atoms with E-state index in [0.29, 0.717) is 45.7 Å². The molecule has 2 aromatic carbocycles. The number of carbonyl (C=O) groups excluding carboxylic acids is 2. The molecule has 0 aliphatic heterocycles. The molecule has 6 nitrogen and oxygen atoms in total. The molecule has 3 rings (SSSR count). The summed E-state index contributed by atoms with van der Waals surface area (Å²) in [7, 11) is 1.50. The van der Waals surface area contributed by atoms with Gasteiger partial charge in [0.05, 0.1) is 12.8 Å². The Morgan fingerprint density at radius 3 is 2.58 bits per heavy atom. The van der Waals surface area contributed by atoms with Crippen molar-refractivity contribution in [3.8, 4) is 11.5 Å². The topological polar surface area (TPSA) is 68.7 Å². The van der Waals surface area contributed by atoms with Gasteiger partial charge in [-0.25, -0.2) is 4.98 Å². The molecule has 1 heterocycles. The van der Waals surface area contributed by atoms with E-state index in [1.165, 1.54) is 29.4 Å². The van der Waals surface area contributed by atoms with Crippen LogP contribution in [-0.4, -0.2) is 24.0 Å². The van der Waals surface area contributed by atoms with E-state index >= 15 is 0 Å². The lowest BCUT2D eigenvalue weighted by molar-refractivity contribution is -0.134. The second kappa shape index (κ2) is 10.7. The van der Waals surface area contributed by atoms with Crippen molar-refractivity contribution >= 4 is 51.7 Å². The Morgan fingerprint density at radius 2 is 1.94 bits per heavy atom. The maximum Gasteiger partial charge on any atom is 0.311 e. The summed E-state index contributed by atoms with van der Waals surface area (Å²) in [6.45, 7) is 1.90. The zero-order valence-corrected chi connectivity index (χ0v) is 18.7. The number of esters is 1. The summed E-state index contributed by atoms with van der Waals surface area (Å²) in [4.78, 5) is 30.7. The summed E-state index contributed by atoms with van der Waals surface area (Å²) < 4.78 is 10.7. The molecule has 0 saturated carbocycles. The first-order chi connectivity index (χ1) is 15.0. The van der Waals surface area contributed by atoms with E-state index in [9.17, 15) is 9.59 Å². The molecule has 1 aromatic heterocycles. The minimum Gasteiger partial charge on any atom is -0.493 e. The van der Waals surface area contributed by atoms with Crippen LogP contribution < -0.4 is 14.4 Å². The normalized spacial score (nSPS) is 10.8. The maximum absolute atomic E-state index is 13.0. The van der Waals surface area contributed by atoms with Gasteiger partial charge in [0.2, 0.25) is 0 Å². The van der Waals surface area contributed by atoms with Crippen LogP contribution in [0.5, 0.6) is 11.5 Å². The van der Waals surface area contributed by atoms with Gasteiger partial charge in [0, 0.05) is 29.1 Å². The van der Waals surface area contributed by atoms with Crippen molar-refractivity contribution in [2.24, 2.45) is 0 Å². The van der Waals surface area contributed by atoms with Crippen LogP contribution in [0, 0.1) is 0 Å². The average molecular weight is 457 g/mol. The molecule has 31 heavy (non-hydrogen) atoms. The standard InChI is InChI=1S/C23H21ClN2O4S/c1-3-4-22(28)30-20-15-16(5-11-19(20)29-2)6-12-21(27)26(23-25-13-14-31-23)18-9-7-17(24)8-10-18/h5-15H,3-4H2,1-2H3. The number of amides is 1. The Balaban J connectivity index is 1.85. The number of hydrogen-bond donors (Lipinski definition) is 0. The lowest BCUT2D eigenvalue weighted by atomic mass is 10.2. The zero-order valence-electron chi connectivity index (χ0n) is 17.1. The minimum atomic E-state index is -0.337. The summed E-state index contributed by atoms with van der Waals surface area (Å²) in [5.41, 5.74) is 1.33. The van der Waals surface area contributed by atoms with Crippen molar-refractivity contribution in [2.75, 3.05) is 12.0 Å². The third-order valence-corrected chi connectivity index (χ3v) is 5.21. The van der Waals surface area contributed by atoms with E-state index in [1.807, 2.05) is 6.92 Å². The molecule has 0 atom stereocenters. The largest absolute Gasteiger partial charge is 0.493 e. The van der Waals surface area contributed by atoms with E-state index in [0.717, 1.165) is 0 Å². The minimum absolute atomic E-state index is 0.280.